The molecule has 0 aliphatic rings. The van der Waals surface area contributed by atoms with E-state index in [4.69, 9.17) is 0 Å². The molecule has 102 valence electrons. The van der Waals surface area contributed by atoms with Crippen molar-refractivity contribution in [2.75, 3.05) is 13.6 Å². The van der Waals surface area contributed by atoms with Gasteiger partial charge in [-0.1, -0.05) is 12.1 Å². The third-order valence-electron chi connectivity index (χ3n) is 2.79. The van der Waals surface area contributed by atoms with E-state index in [0.717, 1.165) is 18.7 Å². The number of likely N-dealkylation sites (N-methyl/N-ethyl adjacent to an activating group) is 1. The fourth-order valence-corrected chi connectivity index (χ4v) is 1.79. The normalized spacial score (nSPS) is 11.8. The molecule has 1 N–H and O–H groups in total. The molecular weight excluding hydrogens is 255 g/mol. The van der Waals surface area contributed by atoms with Gasteiger partial charge < -0.3 is 9.88 Å². The number of alkyl halides is 3. The van der Waals surface area contributed by atoms with E-state index in [1.54, 1.807) is 6.20 Å². The summed E-state index contributed by atoms with van der Waals surface area (Å²) >= 11 is 0. The van der Waals surface area contributed by atoms with Crippen LogP contribution in [-0.4, -0.2) is 23.1 Å². The van der Waals surface area contributed by atoms with Crippen LogP contribution in [0.3, 0.4) is 0 Å². The number of benzene rings is 1. The van der Waals surface area contributed by atoms with Crippen molar-refractivity contribution in [2.45, 2.75) is 12.7 Å². The van der Waals surface area contributed by atoms with Crippen LogP contribution >= 0.6 is 0 Å². The van der Waals surface area contributed by atoms with Crippen molar-refractivity contribution in [2.24, 2.45) is 0 Å². The second-order valence-electron chi connectivity index (χ2n) is 4.12. The van der Waals surface area contributed by atoms with Crippen molar-refractivity contribution in [1.82, 2.24) is 14.9 Å². The van der Waals surface area contributed by atoms with E-state index in [1.807, 2.05) is 17.8 Å². The molecule has 0 bridgehead atoms. The minimum absolute atomic E-state index is 0.649. The first-order valence-corrected chi connectivity index (χ1v) is 5.86. The Hall–Kier alpha value is -1.82. The van der Waals surface area contributed by atoms with Gasteiger partial charge in [-0.3, -0.25) is 0 Å². The number of nitrogens with zero attached hydrogens (tertiary/aromatic N) is 2. The fraction of sp³-hybridized carbons (Fsp3) is 0.308. The Morgan fingerprint density at radius 3 is 2.47 bits per heavy atom. The van der Waals surface area contributed by atoms with Gasteiger partial charge in [0.2, 0.25) is 0 Å². The lowest BCUT2D eigenvalue weighted by atomic mass is 10.1. The number of hydrogen-bond acceptors (Lipinski definition) is 2. The smallest absolute Gasteiger partial charge is 0.330 e. The monoisotopic (exact) mass is 269 g/mol. The summed E-state index contributed by atoms with van der Waals surface area (Å²) < 4.78 is 39.3. The van der Waals surface area contributed by atoms with E-state index in [-0.39, 0.29) is 0 Å². The molecule has 19 heavy (non-hydrogen) atoms. The standard InChI is InChI=1S/C13H14F3N3/c1-17-6-8-19-9-7-18-12(19)10-2-4-11(5-3-10)13(14,15)16/h2-5,7,9,17H,6,8H2,1H3. The van der Waals surface area contributed by atoms with Crippen molar-refractivity contribution in [1.29, 1.82) is 0 Å². The Bertz CT molecular complexity index is 529. The van der Waals surface area contributed by atoms with Crippen LogP contribution < -0.4 is 5.32 Å². The Morgan fingerprint density at radius 1 is 1.21 bits per heavy atom. The molecule has 1 aromatic carbocycles. The van der Waals surface area contributed by atoms with Crippen LogP contribution in [0, 0.1) is 0 Å². The highest BCUT2D eigenvalue weighted by Crippen LogP contribution is 2.30. The van der Waals surface area contributed by atoms with Crippen LogP contribution in [0.15, 0.2) is 36.7 Å². The second kappa shape index (κ2) is 5.44. The molecule has 0 fully saturated rings. The summed E-state index contributed by atoms with van der Waals surface area (Å²) in [7, 11) is 1.84. The van der Waals surface area contributed by atoms with Gasteiger partial charge in [0.25, 0.3) is 0 Å². The molecule has 0 unspecified atom stereocenters. The molecule has 0 spiro atoms. The maximum atomic E-state index is 12.5. The molecule has 3 nitrogen and oxygen atoms in total. The highest BCUT2D eigenvalue weighted by atomic mass is 19.4. The van der Waals surface area contributed by atoms with Crippen LogP contribution in [0.25, 0.3) is 11.4 Å². The average molecular weight is 269 g/mol. The molecule has 2 aromatic rings. The summed E-state index contributed by atoms with van der Waals surface area (Å²) in [6, 6.07) is 5.04. The summed E-state index contributed by atoms with van der Waals surface area (Å²) in [6.07, 6.45) is -0.854. The Morgan fingerprint density at radius 2 is 1.89 bits per heavy atom. The van der Waals surface area contributed by atoms with E-state index >= 15 is 0 Å². The maximum Gasteiger partial charge on any atom is 0.416 e. The number of rotatable bonds is 4. The molecular formula is C13H14F3N3. The first-order chi connectivity index (χ1) is 9.02. The molecule has 1 heterocycles. The minimum Gasteiger partial charge on any atom is -0.330 e. The zero-order valence-corrected chi connectivity index (χ0v) is 10.4. The van der Waals surface area contributed by atoms with Gasteiger partial charge in [0.15, 0.2) is 0 Å². The lowest BCUT2D eigenvalue weighted by Crippen LogP contribution is -2.15. The van der Waals surface area contributed by atoms with E-state index in [9.17, 15) is 13.2 Å². The SMILES string of the molecule is CNCCn1ccnc1-c1ccc(C(F)(F)F)cc1. The van der Waals surface area contributed by atoms with Crippen molar-refractivity contribution in [3.63, 3.8) is 0 Å². The molecule has 0 atom stereocenters. The molecule has 6 heteroatoms. The molecule has 0 aliphatic carbocycles. The number of hydrogen-bond donors (Lipinski definition) is 1. The predicted octanol–water partition coefficient (Wildman–Crippen LogP) is 2.79. The summed E-state index contributed by atoms with van der Waals surface area (Å²) in [5, 5.41) is 3.02. The molecule has 0 saturated carbocycles. The summed E-state index contributed by atoms with van der Waals surface area (Å²) in [6.45, 7) is 1.48. The quantitative estimate of drug-likeness (QED) is 0.925. The summed E-state index contributed by atoms with van der Waals surface area (Å²) in [5.74, 6) is 0.670. The van der Waals surface area contributed by atoms with Gasteiger partial charge in [0.1, 0.15) is 5.82 Å². The first-order valence-electron chi connectivity index (χ1n) is 5.86. The summed E-state index contributed by atoms with van der Waals surface area (Å²) in [5.41, 5.74) is 0.0266. The van der Waals surface area contributed by atoms with Gasteiger partial charge in [-0.05, 0) is 19.2 Å². The number of nitrogens with one attached hydrogen (secondary N) is 1. The lowest BCUT2D eigenvalue weighted by molar-refractivity contribution is -0.137. The van der Waals surface area contributed by atoms with Gasteiger partial charge in [0.05, 0.1) is 5.56 Å². The Labute approximate surface area is 109 Å². The van der Waals surface area contributed by atoms with Gasteiger partial charge in [-0.15, -0.1) is 0 Å². The number of aromatic nitrogens is 2. The molecule has 0 saturated heterocycles. The largest absolute Gasteiger partial charge is 0.416 e. The minimum atomic E-state index is -4.31. The van der Waals surface area contributed by atoms with E-state index in [2.05, 4.69) is 10.3 Å². The van der Waals surface area contributed by atoms with Gasteiger partial charge in [-0.25, -0.2) is 4.98 Å². The van der Waals surface area contributed by atoms with Gasteiger partial charge in [-0.2, -0.15) is 13.2 Å². The molecule has 0 amide bonds. The first kappa shape index (κ1) is 13.6. The Balaban J connectivity index is 2.25. The highest BCUT2D eigenvalue weighted by molar-refractivity contribution is 5.56. The van der Waals surface area contributed by atoms with Crippen LogP contribution in [0.5, 0.6) is 0 Å². The zero-order valence-electron chi connectivity index (χ0n) is 10.4. The van der Waals surface area contributed by atoms with Crippen molar-refractivity contribution in [3.8, 4) is 11.4 Å². The third kappa shape index (κ3) is 3.14. The molecule has 0 radical (unpaired) electrons. The number of imidazole rings is 1. The van der Waals surface area contributed by atoms with Crippen molar-refractivity contribution >= 4 is 0 Å². The average Bonchev–Trinajstić information content (AvgIpc) is 2.83. The zero-order chi connectivity index (χ0) is 13.9. The topological polar surface area (TPSA) is 29.9 Å². The van der Waals surface area contributed by atoms with Crippen molar-refractivity contribution in [3.05, 3.63) is 42.2 Å². The lowest BCUT2D eigenvalue weighted by Gasteiger charge is -2.09. The Kier molecular flexibility index (Phi) is 3.90. The fourth-order valence-electron chi connectivity index (χ4n) is 1.79. The third-order valence-corrected chi connectivity index (χ3v) is 2.79. The van der Waals surface area contributed by atoms with Gasteiger partial charge >= 0.3 is 6.18 Å². The van der Waals surface area contributed by atoms with Crippen LogP contribution in [0.4, 0.5) is 13.2 Å². The predicted molar refractivity (Wildman–Crippen MR) is 66.6 cm³/mol. The van der Waals surface area contributed by atoms with Crippen LogP contribution in [-0.2, 0) is 12.7 Å². The molecule has 0 aliphatic heterocycles. The maximum absolute atomic E-state index is 12.5. The van der Waals surface area contributed by atoms with Crippen molar-refractivity contribution < 1.29 is 13.2 Å². The molecule has 2 rings (SSSR count). The number of halogens is 3. The van der Waals surface area contributed by atoms with E-state index in [0.29, 0.717) is 17.9 Å². The van der Waals surface area contributed by atoms with Crippen LogP contribution in [0.1, 0.15) is 5.56 Å². The second-order valence-corrected chi connectivity index (χ2v) is 4.12. The van der Waals surface area contributed by atoms with E-state index in [1.165, 1.54) is 12.1 Å². The van der Waals surface area contributed by atoms with Crippen LogP contribution in [0.2, 0.25) is 0 Å². The van der Waals surface area contributed by atoms with E-state index < -0.39 is 11.7 Å². The van der Waals surface area contributed by atoms with Gasteiger partial charge in [0, 0.05) is 31.0 Å². The highest BCUT2D eigenvalue weighted by Gasteiger charge is 2.30. The molecule has 1 aromatic heterocycles. The summed E-state index contributed by atoms with van der Waals surface area (Å²) in [4.78, 5) is 4.19.